The average Bonchev–Trinajstić information content (AvgIpc) is 3.54. The van der Waals surface area contributed by atoms with Gasteiger partial charge in [0.05, 0.1) is 0 Å². The third-order valence-electron chi connectivity index (χ3n) is 7.96. The summed E-state index contributed by atoms with van der Waals surface area (Å²) in [6.07, 6.45) is 3.87. The Morgan fingerprint density at radius 1 is 0.889 bits per heavy atom. The molecule has 3 N–H and O–H groups in total. The highest BCUT2D eigenvalue weighted by atomic mass is 16.5. The Bertz CT molecular complexity index is 1620. The zero-order valence-electron chi connectivity index (χ0n) is 25.9. The number of anilines is 1. The number of benzene rings is 3. The van der Waals surface area contributed by atoms with Crippen molar-refractivity contribution in [2.24, 2.45) is 0 Å². The number of aliphatic carboxylic acids is 1. The van der Waals surface area contributed by atoms with Gasteiger partial charge in [0.15, 0.2) is 0 Å². The summed E-state index contributed by atoms with van der Waals surface area (Å²) in [6.45, 7) is 7.86. The molecular weight excluding hydrogens is 570 g/mol. The van der Waals surface area contributed by atoms with Gasteiger partial charge in [0.25, 0.3) is 11.8 Å². The van der Waals surface area contributed by atoms with E-state index in [0.717, 1.165) is 35.3 Å². The first-order valence-corrected chi connectivity index (χ1v) is 15.3. The van der Waals surface area contributed by atoms with E-state index in [2.05, 4.69) is 58.6 Å². The van der Waals surface area contributed by atoms with Crippen molar-refractivity contribution in [2.75, 3.05) is 24.5 Å². The predicted octanol–water partition coefficient (Wildman–Crippen LogP) is 5.23. The van der Waals surface area contributed by atoms with E-state index in [9.17, 15) is 14.4 Å². The van der Waals surface area contributed by atoms with Crippen LogP contribution in [-0.2, 0) is 21.4 Å². The summed E-state index contributed by atoms with van der Waals surface area (Å²) in [5.41, 5.74) is 4.94. The molecular formula is C35H39N5O5. The van der Waals surface area contributed by atoms with Crippen LogP contribution < -0.4 is 15.5 Å². The van der Waals surface area contributed by atoms with Crippen molar-refractivity contribution in [1.82, 2.24) is 20.8 Å². The molecule has 10 nitrogen and oxygen atoms in total. The minimum atomic E-state index is -1.17. The second-order valence-electron chi connectivity index (χ2n) is 12.4. The van der Waals surface area contributed by atoms with E-state index in [0.29, 0.717) is 17.3 Å². The van der Waals surface area contributed by atoms with Gasteiger partial charge in [-0.25, -0.2) is 0 Å². The molecule has 1 aromatic heterocycles. The van der Waals surface area contributed by atoms with Crippen LogP contribution >= 0.6 is 0 Å². The molecule has 0 saturated carbocycles. The lowest BCUT2D eigenvalue weighted by Crippen LogP contribution is -2.49. The summed E-state index contributed by atoms with van der Waals surface area (Å²) in [6, 6.07) is 21.7. The fourth-order valence-corrected chi connectivity index (χ4v) is 5.31. The van der Waals surface area contributed by atoms with E-state index >= 15 is 0 Å². The second kappa shape index (κ2) is 13.8. The van der Waals surface area contributed by atoms with Crippen LogP contribution in [0.5, 0.6) is 0 Å². The molecule has 1 unspecified atom stereocenters. The minimum absolute atomic E-state index is 0.0677. The van der Waals surface area contributed by atoms with E-state index in [4.69, 9.17) is 9.63 Å². The van der Waals surface area contributed by atoms with Crippen molar-refractivity contribution in [3.8, 4) is 22.8 Å². The smallest absolute Gasteiger partial charge is 0.322 e. The summed E-state index contributed by atoms with van der Waals surface area (Å²) in [5.74, 6) is -1.33. The molecule has 1 aliphatic rings. The van der Waals surface area contributed by atoms with Gasteiger partial charge in [-0.2, -0.15) is 4.98 Å². The lowest BCUT2D eigenvalue weighted by Gasteiger charge is -2.28. The van der Waals surface area contributed by atoms with E-state index in [1.165, 1.54) is 24.9 Å². The van der Waals surface area contributed by atoms with Crippen molar-refractivity contribution >= 4 is 23.5 Å². The van der Waals surface area contributed by atoms with Crippen LogP contribution in [0.15, 0.2) is 77.3 Å². The number of hydrogen-bond acceptors (Lipinski definition) is 7. The lowest BCUT2D eigenvalue weighted by molar-refractivity contribution is -0.138. The number of rotatable bonds is 10. The topological polar surface area (TPSA) is 138 Å². The zero-order chi connectivity index (χ0) is 32.0. The summed E-state index contributed by atoms with van der Waals surface area (Å²) >= 11 is 0. The molecule has 234 valence electrons. The number of carboxylic acids is 1. The molecule has 5 rings (SSSR count). The molecule has 0 radical (unpaired) electrons. The number of nitrogens with one attached hydrogen (secondary N) is 2. The van der Waals surface area contributed by atoms with Crippen LogP contribution in [0.25, 0.3) is 22.8 Å². The van der Waals surface area contributed by atoms with Gasteiger partial charge in [0.2, 0.25) is 11.7 Å². The van der Waals surface area contributed by atoms with Gasteiger partial charge in [-0.1, -0.05) is 62.3 Å². The zero-order valence-corrected chi connectivity index (χ0v) is 25.9. The largest absolute Gasteiger partial charge is 0.480 e. The van der Waals surface area contributed by atoms with Crippen molar-refractivity contribution in [2.45, 2.75) is 57.9 Å². The van der Waals surface area contributed by atoms with Crippen LogP contribution in [0, 0.1) is 0 Å². The van der Waals surface area contributed by atoms with Crippen LogP contribution in [0.1, 0.15) is 61.5 Å². The first-order chi connectivity index (χ1) is 21.6. The maximum absolute atomic E-state index is 13.1. The number of hydrogen-bond donors (Lipinski definition) is 3. The first-order valence-electron chi connectivity index (χ1n) is 15.3. The summed E-state index contributed by atoms with van der Waals surface area (Å²) in [7, 11) is 0. The van der Waals surface area contributed by atoms with Crippen LogP contribution in [-0.4, -0.2) is 58.7 Å². The fourth-order valence-electron chi connectivity index (χ4n) is 5.31. The molecule has 45 heavy (non-hydrogen) atoms. The quantitative estimate of drug-likeness (QED) is 0.222. The molecule has 4 aromatic rings. The summed E-state index contributed by atoms with van der Waals surface area (Å²) in [5, 5.41) is 18.3. The Kier molecular flexibility index (Phi) is 9.61. The Hall–Kier alpha value is -4.99. The molecule has 0 spiro atoms. The highest BCUT2D eigenvalue weighted by Gasteiger charge is 2.23. The van der Waals surface area contributed by atoms with Crippen LogP contribution in [0.3, 0.4) is 0 Å². The number of carbonyl (C=O) groups excluding carboxylic acids is 2. The molecule has 0 aliphatic carbocycles. The summed E-state index contributed by atoms with van der Waals surface area (Å²) < 4.78 is 5.55. The van der Waals surface area contributed by atoms with Crippen molar-refractivity contribution in [3.05, 3.63) is 89.5 Å². The van der Waals surface area contributed by atoms with Gasteiger partial charge in [-0.05, 0) is 72.2 Å². The monoisotopic (exact) mass is 609 g/mol. The Morgan fingerprint density at radius 3 is 2.16 bits per heavy atom. The SMILES string of the molecule is CC(C)(C)c1ccc(C(=O)NC(Cc2ccc(-c3noc(-c4ccc(N5CCCCC5)cc4)n3)cc2)C(=O)NCC(=O)O)cc1. The molecule has 3 aromatic carbocycles. The van der Waals surface area contributed by atoms with Gasteiger partial charge >= 0.3 is 5.97 Å². The highest BCUT2D eigenvalue weighted by molar-refractivity contribution is 5.98. The van der Waals surface area contributed by atoms with Gasteiger partial charge < -0.3 is 25.2 Å². The third kappa shape index (κ3) is 8.14. The van der Waals surface area contributed by atoms with E-state index in [1.54, 1.807) is 12.1 Å². The molecule has 1 saturated heterocycles. The lowest BCUT2D eigenvalue weighted by atomic mass is 9.86. The van der Waals surface area contributed by atoms with E-state index in [-0.39, 0.29) is 11.8 Å². The summed E-state index contributed by atoms with van der Waals surface area (Å²) in [4.78, 5) is 44.0. The van der Waals surface area contributed by atoms with Crippen molar-refractivity contribution in [1.29, 1.82) is 0 Å². The predicted molar refractivity (Wildman–Crippen MR) is 172 cm³/mol. The highest BCUT2D eigenvalue weighted by Crippen LogP contribution is 2.27. The molecule has 2 amide bonds. The Morgan fingerprint density at radius 2 is 1.53 bits per heavy atom. The van der Waals surface area contributed by atoms with Crippen molar-refractivity contribution < 1.29 is 24.0 Å². The second-order valence-corrected chi connectivity index (χ2v) is 12.4. The molecule has 1 atom stereocenters. The Labute approximate surface area is 262 Å². The van der Waals surface area contributed by atoms with Gasteiger partial charge in [0.1, 0.15) is 12.6 Å². The van der Waals surface area contributed by atoms with E-state index < -0.39 is 30.4 Å². The third-order valence-corrected chi connectivity index (χ3v) is 7.96. The van der Waals surface area contributed by atoms with Crippen LogP contribution in [0.2, 0.25) is 0 Å². The number of nitrogens with zero attached hydrogens (tertiary/aromatic N) is 3. The molecule has 2 heterocycles. The number of carbonyl (C=O) groups is 3. The maximum atomic E-state index is 13.1. The number of piperidine rings is 1. The number of carboxylic acid groups (broad SMARTS) is 1. The van der Waals surface area contributed by atoms with Gasteiger partial charge in [-0.3, -0.25) is 14.4 Å². The van der Waals surface area contributed by atoms with Crippen LogP contribution in [0.4, 0.5) is 5.69 Å². The molecule has 1 fully saturated rings. The first kappa shape index (κ1) is 31.4. The Balaban J connectivity index is 1.26. The van der Waals surface area contributed by atoms with E-state index in [1.807, 2.05) is 48.5 Å². The molecule has 1 aliphatic heterocycles. The number of aromatic nitrogens is 2. The average molecular weight is 610 g/mol. The van der Waals surface area contributed by atoms with Gasteiger partial charge in [-0.15, -0.1) is 0 Å². The van der Waals surface area contributed by atoms with Gasteiger partial charge in [0, 0.05) is 41.9 Å². The minimum Gasteiger partial charge on any atom is -0.480 e. The fraction of sp³-hybridized carbons (Fsp3) is 0.343. The van der Waals surface area contributed by atoms with Crippen molar-refractivity contribution in [3.63, 3.8) is 0 Å². The normalized spacial score (nSPS) is 14.1. The molecule has 0 bridgehead atoms. The standard InChI is InChI=1S/C35H39N5O5/c1-35(2,3)27-15-11-25(12-16-27)32(43)37-29(33(44)36-22-30(41)42)21-23-7-9-24(10-8-23)31-38-34(45-39-31)26-13-17-28(18-14-26)40-19-5-4-6-20-40/h7-18,29H,4-6,19-22H2,1-3H3,(H,36,44)(H,37,43)(H,41,42). The molecule has 10 heteroatoms. The number of amides is 2. The maximum Gasteiger partial charge on any atom is 0.322 e.